The van der Waals surface area contributed by atoms with Crippen molar-refractivity contribution in [3.63, 3.8) is 0 Å². The Balaban J connectivity index is 1.71. The van der Waals surface area contributed by atoms with Crippen LogP contribution in [0, 0.1) is 13.8 Å². The van der Waals surface area contributed by atoms with Gasteiger partial charge >= 0.3 is 0 Å². The van der Waals surface area contributed by atoms with Crippen molar-refractivity contribution in [3.05, 3.63) is 39.8 Å². The number of aryl methyl sites for hydroxylation is 2. The van der Waals surface area contributed by atoms with Crippen molar-refractivity contribution in [1.82, 2.24) is 4.98 Å². The maximum absolute atomic E-state index is 12.3. The van der Waals surface area contributed by atoms with Crippen LogP contribution in [-0.2, 0) is 16.0 Å². The van der Waals surface area contributed by atoms with E-state index in [4.69, 9.17) is 0 Å². The summed E-state index contributed by atoms with van der Waals surface area (Å²) < 4.78 is 0. The van der Waals surface area contributed by atoms with Crippen molar-refractivity contribution >= 4 is 34.5 Å². The summed E-state index contributed by atoms with van der Waals surface area (Å²) in [7, 11) is 0. The summed E-state index contributed by atoms with van der Waals surface area (Å²) in [6.45, 7) is 5.91. The van der Waals surface area contributed by atoms with Crippen molar-refractivity contribution in [2.24, 2.45) is 0 Å². The number of hydrogen-bond acceptors (Lipinski definition) is 4. The van der Waals surface area contributed by atoms with Crippen LogP contribution in [0.4, 0.5) is 11.4 Å². The average molecular weight is 343 g/mol. The number of amides is 2. The Labute approximate surface area is 145 Å². The molecular weight excluding hydrogens is 322 g/mol. The number of thiazole rings is 1. The maximum atomic E-state index is 12.3. The molecule has 1 N–H and O–H groups in total. The highest BCUT2D eigenvalue weighted by Gasteiger charge is 2.28. The summed E-state index contributed by atoms with van der Waals surface area (Å²) in [4.78, 5) is 31.5. The fourth-order valence-electron chi connectivity index (χ4n) is 3.05. The van der Waals surface area contributed by atoms with Crippen LogP contribution >= 0.6 is 11.3 Å². The van der Waals surface area contributed by atoms with Gasteiger partial charge in [0.2, 0.25) is 11.8 Å². The Morgan fingerprint density at radius 2 is 2.21 bits per heavy atom. The molecule has 2 amide bonds. The van der Waals surface area contributed by atoms with Gasteiger partial charge in [0.05, 0.1) is 17.1 Å². The third kappa shape index (κ3) is 3.48. The van der Waals surface area contributed by atoms with Crippen molar-refractivity contribution in [2.75, 3.05) is 10.2 Å². The molecule has 0 radical (unpaired) electrons. The summed E-state index contributed by atoms with van der Waals surface area (Å²) in [5.74, 6) is 0.0708. The van der Waals surface area contributed by atoms with E-state index in [-0.39, 0.29) is 17.9 Å². The lowest BCUT2D eigenvalue weighted by Crippen LogP contribution is -2.30. The Morgan fingerprint density at radius 3 is 2.83 bits per heavy atom. The number of aromatic nitrogens is 1. The van der Waals surface area contributed by atoms with Crippen molar-refractivity contribution in [2.45, 2.75) is 46.1 Å². The molecule has 2 heterocycles. The minimum atomic E-state index is -0.0697. The van der Waals surface area contributed by atoms with Crippen molar-refractivity contribution in [3.8, 4) is 0 Å². The number of carbonyl (C=O) groups excluding carboxylic acids is 2. The quantitative estimate of drug-likeness (QED) is 0.925. The SMILES string of the molecule is Cc1nc(C)c(CC(=O)Nc2cccc(N3C(=O)CCC3C)c2)s1. The molecule has 1 aromatic heterocycles. The molecule has 0 saturated carbocycles. The first-order chi connectivity index (χ1) is 11.4. The number of benzene rings is 1. The number of carbonyl (C=O) groups is 2. The zero-order chi connectivity index (χ0) is 17.3. The number of hydrogen-bond donors (Lipinski definition) is 1. The maximum Gasteiger partial charge on any atom is 0.229 e. The van der Waals surface area contributed by atoms with E-state index in [0.29, 0.717) is 18.5 Å². The van der Waals surface area contributed by atoms with E-state index < -0.39 is 0 Å². The van der Waals surface area contributed by atoms with Crippen LogP contribution in [0.5, 0.6) is 0 Å². The first-order valence-corrected chi connectivity index (χ1v) is 8.90. The Morgan fingerprint density at radius 1 is 1.42 bits per heavy atom. The van der Waals surface area contributed by atoms with E-state index in [1.807, 2.05) is 49.9 Å². The van der Waals surface area contributed by atoms with Gasteiger partial charge in [0.15, 0.2) is 0 Å². The molecule has 0 aliphatic carbocycles. The molecule has 24 heavy (non-hydrogen) atoms. The number of nitrogens with one attached hydrogen (secondary N) is 1. The van der Waals surface area contributed by atoms with Crippen LogP contribution in [-0.4, -0.2) is 22.8 Å². The number of nitrogens with zero attached hydrogens (tertiary/aromatic N) is 2. The summed E-state index contributed by atoms with van der Waals surface area (Å²) in [5.41, 5.74) is 2.47. The fourth-order valence-corrected chi connectivity index (χ4v) is 3.98. The topological polar surface area (TPSA) is 62.3 Å². The lowest BCUT2D eigenvalue weighted by atomic mass is 10.2. The van der Waals surface area contributed by atoms with E-state index in [9.17, 15) is 9.59 Å². The number of rotatable bonds is 4. The Hall–Kier alpha value is -2.21. The predicted octanol–water partition coefficient (Wildman–Crippen LogP) is 3.46. The van der Waals surface area contributed by atoms with E-state index in [1.165, 1.54) is 0 Å². The molecule has 126 valence electrons. The van der Waals surface area contributed by atoms with Crippen LogP contribution in [0.25, 0.3) is 0 Å². The lowest BCUT2D eigenvalue weighted by Gasteiger charge is -2.22. The zero-order valence-electron chi connectivity index (χ0n) is 14.1. The van der Waals surface area contributed by atoms with Gasteiger partial charge in [-0.3, -0.25) is 9.59 Å². The molecule has 0 bridgehead atoms. The van der Waals surface area contributed by atoms with Crippen LogP contribution < -0.4 is 10.2 Å². The van der Waals surface area contributed by atoms with Gasteiger partial charge in [-0.25, -0.2) is 4.98 Å². The van der Waals surface area contributed by atoms with Crippen LogP contribution in [0.15, 0.2) is 24.3 Å². The van der Waals surface area contributed by atoms with Gasteiger partial charge in [-0.1, -0.05) is 6.07 Å². The minimum Gasteiger partial charge on any atom is -0.326 e. The predicted molar refractivity (Wildman–Crippen MR) is 96.5 cm³/mol. The third-order valence-corrected chi connectivity index (χ3v) is 5.29. The molecule has 1 fully saturated rings. The summed E-state index contributed by atoms with van der Waals surface area (Å²) in [5, 5.41) is 3.89. The van der Waals surface area contributed by atoms with Crippen LogP contribution in [0.1, 0.15) is 35.3 Å². The summed E-state index contributed by atoms with van der Waals surface area (Å²) >= 11 is 1.55. The van der Waals surface area contributed by atoms with E-state index in [1.54, 1.807) is 11.3 Å². The first-order valence-electron chi connectivity index (χ1n) is 8.09. The smallest absolute Gasteiger partial charge is 0.229 e. The molecule has 2 aromatic rings. The number of anilines is 2. The average Bonchev–Trinajstić information content (AvgIpc) is 3.01. The molecule has 6 heteroatoms. The van der Waals surface area contributed by atoms with Gasteiger partial charge < -0.3 is 10.2 Å². The lowest BCUT2D eigenvalue weighted by molar-refractivity contribution is -0.117. The largest absolute Gasteiger partial charge is 0.326 e. The molecular formula is C18H21N3O2S. The van der Waals surface area contributed by atoms with Gasteiger partial charge in [0, 0.05) is 28.7 Å². The highest BCUT2D eigenvalue weighted by Crippen LogP contribution is 2.28. The Kier molecular flexibility index (Phi) is 4.66. The molecule has 1 aromatic carbocycles. The van der Waals surface area contributed by atoms with Crippen LogP contribution in [0.3, 0.4) is 0 Å². The van der Waals surface area contributed by atoms with E-state index in [2.05, 4.69) is 10.3 Å². The van der Waals surface area contributed by atoms with Crippen molar-refractivity contribution in [1.29, 1.82) is 0 Å². The second kappa shape index (κ2) is 6.73. The van der Waals surface area contributed by atoms with Crippen LogP contribution in [0.2, 0.25) is 0 Å². The molecule has 5 nitrogen and oxygen atoms in total. The molecule has 1 aliphatic rings. The standard InChI is InChI=1S/C18H21N3O2S/c1-11-7-8-18(23)21(11)15-6-4-5-14(9-15)20-17(22)10-16-12(2)19-13(3)24-16/h4-6,9,11H,7-8,10H2,1-3H3,(H,20,22). The monoisotopic (exact) mass is 343 g/mol. The third-order valence-electron chi connectivity index (χ3n) is 4.21. The normalized spacial score (nSPS) is 17.4. The highest BCUT2D eigenvalue weighted by molar-refractivity contribution is 7.11. The molecule has 1 unspecified atom stereocenters. The molecule has 1 saturated heterocycles. The summed E-state index contributed by atoms with van der Waals surface area (Å²) in [6, 6.07) is 7.68. The molecule has 3 rings (SSSR count). The van der Waals surface area contributed by atoms with Gasteiger partial charge in [0.25, 0.3) is 0 Å². The fraction of sp³-hybridized carbons (Fsp3) is 0.389. The van der Waals surface area contributed by atoms with Gasteiger partial charge in [0.1, 0.15) is 0 Å². The zero-order valence-corrected chi connectivity index (χ0v) is 14.9. The van der Waals surface area contributed by atoms with E-state index in [0.717, 1.165) is 27.7 Å². The Bertz CT molecular complexity index is 784. The molecule has 1 aliphatic heterocycles. The second-order valence-electron chi connectivity index (χ2n) is 6.17. The first kappa shape index (κ1) is 16.6. The van der Waals surface area contributed by atoms with Gasteiger partial charge in [-0.15, -0.1) is 11.3 Å². The van der Waals surface area contributed by atoms with Gasteiger partial charge in [-0.2, -0.15) is 0 Å². The summed E-state index contributed by atoms with van der Waals surface area (Å²) in [6.07, 6.45) is 1.78. The molecule has 1 atom stereocenters. The van der Waals surface area contributed by atoms with E-state index >= 15 is 0 Å². The van der Waals surface area contributed by atoms with Crippen molar-refractivity contribution < 1.29 is 9.59 Å². The minimum absolute atomic E-state index is 0.0697. The molecule has 0 spiro atoms. The second-order valence-corrected chi connectivity index (χ2v) is 7.46. The van der Waals surface area contributed by atoms with Gasteiger partial charge in [-0.05, 0) is 45.4 Å². The highest BCUT2D eigenvalue weighted by atomic mass is 32.1.